The molecule has 0 bridgehead atoms. The van der Waals surface area contributed by atoms with Crippen LogP contribution in [0.15, 0.2) is 78.5 Å². The molecule has 33 heavy (non-hydrogen) atoms. The molecule has 0 radical (unpaired) electrons. The molecule has 2 aromatic heterocycles. The predicted octanol–water partition coefficient (Wildman–Crippen LogP) is 5.62. The summed E-state index contributed by atoms with van der Waals surface area (Å²) >= 11 is 1.34. The summed E-state index contributed by atoms with van der Waals surface area (Å²) in [4.78, 5) is 16.6. The van der Waals surface area contributed by atoms with Crippen LogP contribution in [-0.2, 0) is 4.79 Å². The first kappa shape index (κ1) is 22.5. The molecule has 0 spiro atoms. The number of thioether (sulfide) groups is 1. The van der Waals surface area contributed by atoms with Crippen LogP contribution < -0.4 is 10.1 Å². The van der Waals surface area contributed by atoms with E-state index in [1.54, 1.807) is 18.7 Å². The largest absolute Gasteiger partial charge is 0.455 e. The van der Waals surface area contributed by atoms with Gasteiger partial charge < -0.3 is 10.1 Å². The number of aromatic nitrogens is 4. The van der Waals surface area contributed by atoms with Crippen molar-refractivity contribution in [2.45, 2.75) is 31.8 Å². The van der Waals surface area contributed by atoms with E-state index >= 15 is 0 Å². The van der Waals surface area contributed by atoms with E-state index in [2.05, 4.69) is 46.5 Å². The Balaban J connectivity index is 1.35. The number of carbonyl (C=O) groups excluding carboxylic acids is 1. The molecule has 1 amide bonds. The van der Waals surface area contributed by atoms with Gasteiger partial charge in [0, 0.05) is 17.6 Å². The van der Waals surface area contributed by atoms with Gasteiger partial charge >= 0.3 is 0 Å². The van der Waals surface area contributed by atoms with Gasteiger partial charge in [-0.05, 0) is 66.4 Å². The molecule has 0 saturated carbocycles. The fourth-order valence-electron chi connectivity index (χ4n) is 3.22. The lowest BCUT2D eigenvalue weighted by Gasteiger charge is -2.11. The number of pyridine rings is 1. The van der Waals surface area contributed by atoms with Crippen molar-refractivity contribution in [2.24, 2.45) is 0 Å². The Bertz CT molecular complexity index is 1220. The van der Waals surface area contributed by atoms with Crippen LogP contribution in [0.25, 0.3) is 5.69 Å². The lowest BCUT2D eigenvalue weighted by molar-refractivity contribution is -0.113. The second kappa shape index (κ2) is 10.3. The van der Waals surface area contributed by atoms with Crippen LogP contribution in [0.5, 0.6) is 11.5 Å². The summed E-state index contributed by atoms with van der Waals surface area (Å²) in [6, 6.07) is 17.5. The molecule has 0 atom stereocenters. The van der Waals surface area contributed by atoms with Gasteiger partial charge in [0.1, 0.15) is 17.8 Å². The molecule has 1 N–H and O–H groups in total. The molecule has 4 aromatic rings. The average Bonchev–Trinajstić information content (AvgIpc) is 3.29. The van der Waals surface area contributed by atoms with E-state index in [-0.39, 0.29) is 11.7 Å². The fourth-order valence-corrected chi connectivity index (χ4v) is 3.95. The van der Waals surface area contributed by atoms with Gasteiger partial charge in [0.2, 0.25) is 5.91 Å². The number of nitrogens with one attached hydrogen (secondary N) is 1. The number of ether oxygens (including phenoxy) is 1. The summed E-state index contributed by atoms with van der Waals surface area (Å²) in [5.41, 5.74) is 3.86. The molecule has 2 aromatic carbocycles. The SMILES string of the molecule is Cc1cc(NC(=O)CSc2nncn2-c2ccc(C(C)C)cc2)ccc1Oc1cccnc1. The number of benzene rings is 2. The average molecular weight is 460 g/mol. The molecule has 0 saturated heterocycles. The minimum atomic E-state index is -0.120. The van der Waals surface area contributed by atoms with E-state index in [1.165, 1.54) is 17.3 Å². The topological polar surface area (TPSA) is 81.9 Å². The Morgan fingerprint density at radius 1 is 1.15 bits per heavy atom. The molecule has 0 aliphatic heterocycles. The van der Waals surface area contributed by atoms with Gasteiger partial charge in [0.05, 0.1) is 11.9 Å². The van der Waals surface area contributed by atoms with Gasteiger partial charge in [-0.1, -0.05) is 37.7 Å². The molecule has 7 nitrogen and oxygen atoms in total. The smallest absolute Gasteiger partial charge is 0.234 e. The van der Waals surface area contributed by atoms with E-state index in [4.69, 9.17) is 4.74 Å². The number of rotatable bonds is 8. The minimum absolute atomic E-state index is 0.120. The van der Waals surface area contributed by atoms with Gasteiger partial charge in [-0.2, -0.15) is 0 Å². The highest BCUT2D eigenvalue weighted by Crippen LogP contribution is 2.27. The van der Waals surface area contributed by atoms with Crippen LogP contribution in [0, 0.1) is 6.92 Å². The van der Waals surface area contributed by atoms with Crippen molar-refractivity contribution in [3.63, 3.8) is 0 Å². The predicted molar refractivity (Wildman–Crippen MR) is 130 cm³/mol. The van der Waals surface area contributed by atoms with Gasteiger partial charge in [-0.3, -0.25) is 14.3 Å². The minimum Gasteiger partial charge on any atom is -0.455 e. The standard InChI is InChI=1S/C25H25N5O2S/c1-17(2)19-6-9-21(10-7-19)30-16-27-29-25(30)33-15-24(31)28-20-8-11-23(18(3)13-20)32-22-5-4-12-26-14-22/h4-14,16-17H,15H2,1-3H3,(H,28,31). The van der Waals surface area contributed by atoms with Gasteiger partial charge in [0.15, 0.2) is 5.16 Å². The summed E-state index contributed by atoms with van der Waals surface area (Å²) in [5.74, 6) is 1.95. The molecule has 0 fully saturated rings. The molecule has 0 aliphatic carbocycles. The first-order chi connectivity index (χ1) is 16.0. The van der Waals surface area contributed by atoms with E-state index in [0.717, 1.165) is 11.3 Å². The Hall–Kier alpha value is -3.65. The molecule has 0 aliphatic rings. The number of hydrogen-bond donors (Lipinski definition) is 1. The highest BCUT2D eigenvalue weighted by Gasteiger charge is 2.12. The van der Waals surface area contributed by atoms with E-state index in [1.807, 2.05) is 54.0 Å². The first-order valence-corrected chi connectivity index (χ1v) is 11.6. The maximum atomic E-state index is 12.5. The van der Waals surface area contributed by atoms with Crippen LogP contribution in [0.4, 0.5) is 5.69 Å². The van der Waals surface area contributed by atoms with Crippen molar-refractivity contribution in [3.05, 3.63) is 84.4 Å². The van der Waals surface area contributed by atoms with Crippen molar-refractivity contribution in [3.8, 4) is 17.2 Å². The third kappa shape index (κ3) is 5.78. The number of anilines is 1. The van der Waals surface area contributed by atoms with Gasteiger partial charge in [-0.25, -0.2) is 0 Å². The molecular formula is C25H25N5O2S. The van der Waals surface area contributed by atoms with Crippen LogP contribution in [0.3, 0.4) is 0 Å². The Morgan fingerprint density at radius 3 is 2.67 bits per heavy atom. The summed E-state index contributed by atoms with van der Waals surface area (Å²) in [6.45, 7) is 6.26. The van der Waals surface area contributed by atoms with Crippen molar-refractivity contribution >= 4 is 23.4 Å². The van der Waals surface area contributed by atoms with E-state index < -0.39 is 0 Å². The van der Waals surface area contributed by atoms with Crippen LogP contribution in [0.1, 0.15) is 30.9 Å². The first-order valence-electron chi connectivity index (χ1n) is 10.6. The molecular weight excluding hydrogens is 434 g/mol. The second-order valence-electron chi connectivity index (χ2n) is 7.84. The van der Waals surface area contributed by atoms with Crippen molar-refractivity contribution < 1.29 is 9.53 Å². The zero-order valence-corrected chi connectivity index (χ0v) is 19.5. The molecule has 2 heterocycles. The van der Waals surface area contributed by atoms with Crippen molar-refractivity contribution in [1.82, 2.24) is 19.7 Å². The molecule has 0 unspecified atom stereocenters. The van der Waals surface area contributed by atoms with Crippen molar-refractivity contribution in [1.29, 1.82) is 0 Å². The van der Waals surface area contributed by atoms with Gasteiger partial charge in [-0.15, -0.1) is 10.2 Å². The van der Waals surface area contributed by atoms with Crippen molar-refractivity contribution in [2.75, 3.05) is 11.1 Å². The maximum Gasteiger partial charge on any atom is 0.234 e. The highest BCUT2D eigenvalue weighted by atomic mass is 32.2. The third-order valence-corrected chi connectivity index (χ3v) is 5.95. The Morgan fingerprint density at radius 2 is 1.97 bits per heavy atom. The Labute approximate surface area is 197 Å². The van der Waals surface area contributed by atoms with E-state index in [0.29, 0.717) is 28.3 Å². The summed E-state index contributed by atoms with van der Waals surface area (Å²) in [7, 11) is 0. The third-order valence-electron chi connectivity index (χ3n) is 5.01. The number of hydrogen-bond acceptors (Lipinski definition) is 6. The quantitative estimate of drug-likeness (QED) is 0.345. The highest BCUT2D eigenvalue weighted by molar-refractivity contribution is 7.99. The Kier molecular flexibility index (Phi) is 7.04. The van der Waals surface area contributed by atoms with Crippen LogP contribution >= 0.6 is 11.8 Å². The van der Waals surface area contributed by atoms with Gasteiger partial charge in [0.25, 0.3) is 0 Å². The number of carbonyl (C=O) groups is 1. The summed E-state index contributed by atoms with van der Waals surface area (Å²) < 4.78 is 7.73. The normalized spacial score (nSPS) is 10.9. The summed E-state index contributed by atoms with van der Waals surface area (Å²) in [6.07, 6.45) is 5.01. The second-order valence-corrected chi connectivity index (χ2v) is 8.78. The summed E-state index contributed by atoms with van der Waals surface area (Å²) in [5, 5.41) is 11.8. The zero-order valence-electron chi connectivity index (χ0n) is 18.7. The lowest BCUT2D eigenvalue weighted by atomic mass is 10.0. The molecule has 168 valence electrons. The fraction of sp³-hybridized carbons (Fsp3) is 0.200. The lowest BCUT2D eigenvalue weighted by Crippen LogP contribution is -2.14. The number of amides is 1. The van der Waals surface area contributed by atoms with Crippen LogP contribution in [0.2, 0.25) is 0 Å². The number of nitrogens with zero attached hydrogens (tertiary/aromatic N) is 4. The van der Waals surface area contributed by atoms with E-state index in [9.17, 15) is 4.79 Å². The zero-order chi connectivity index (χ0) is 23.2. The molecule has 8 heteroatoms. The van der Waals surface area contributed by atoms with Crippen LogP contribution in [-0.4, -0.2) is 31.4 Å². The monoisotopic (exact) mass is 459 g/mol. The molecule has 4 rings (SSSR count). The number of aryl methyl sites for hydroxylation is 1. The maximum absolute atomic E-state index is 12.5.